The lowest BCUT2D eigenvalue weighted by molar-refractivity contribution is 0.146. The highest BCUT2D eigenvalue weighted by atomic mass is 16.5. The molecule has 21 heavy (non-hydrogen) atoms. The smallest absolute Gasteiger partial charge is 0.145 e. The van der Waals surface area contributed by atoms with Gasteiger partial charge in [-0.3, -0.25) is 0 Å². The molecule has 2 aliphatic heterocycles. The number of amidine groups is 1. The Morgan fingerprint density at radius 1 is 1.43 bits per heavy atom. The zero-order valence-electron chi connectivity index (χ0n) is 12.5. The summed E-state index contributed by atoms with van der Waals surface area (Å²) in [7, 11) is 0. The molecule has 5 nitrogen and oxygen atoms in total. The summed E-state index contributed by atoms with van der Waals surface area (Å²) in [6.45, 7) is 5.82. The molecule has 1 atom stereocenters. The van der Waals surface area contributed by atoms with Crippen molar-refractivity contribution in [2.24, 2.45) is 16.3 Å². The third-order valence-electron chi connectivity index (χ3n) is 4.96. The van der Waals surface area contributed by atoms with Crippen molar-refractivity contribution < 1.29 is 9.94 Å². The van der Waals surface area contributed by atoms with Crippen molar-refractivity contribution in [3.8, 4) is 5.75 Å². The fraction of sp³-hybridized carbons (Fsp3) is 0.562. The number of nitrogens with two attached hydrogens (primary N) is 1. The van der Waals surface area contributed by atoms with E-state index in [9.17, 15) is 0 Å². The maximum Gasteiger partial charge on any atom is 0.145 e. The van der Waals surface area contributed by atoms with E-state index >= 15 is 0 Å². The maximum absolute atomic E-state index is 8.89. The van der Waals surface area contributed by atoms with E-state index in [-0.39, 0.29) is 5.41 Å². The van der Waals surface area contributed by atoms with Gasteiger partial charge in [0.1, 0.15) is 11.6 Å². The molecule has 3 N–H and O–H groups in total. The van der Waals surface area contributed by atoms with E-state index in [1.54, 1.807) is 0 Å². The fourth-order valence-corrected chi connectivity index (χ4v) is 3.30. The van der Waals surface area contributed by atoms with Crippen molar-refractivity contribution in [1.82, 2.24) is 4.90 Å². The molecule has 1 fully saturated rings. The van der Waals surface area contributed by atoms with Crippen LogP contribution in [0.3, 0.4) is 0 Å². The highest BCUT2D eigenvalue weighted by Crippen LogP contribution is 2.36. The molecule has 1 unspecified atom stereocenters. The van der Waals surface area contributed by atoms with Crippen LogP contribution in [0.2, 0.25) is 0 Å². The number of benzene rings is 1. The molecule has 0 aliphatic carbocycles. The summed E-state index contributed by atoms with van der Waals surface area (Å²) in [6.07, 6.45) is 1.86. The van der Waals surface area contributed by atoms with E-state index in [1.807, 2.05) is 12.1 Å². The lowest BCUT2D eigenvalue weighted by atomic mass is 9.79. The molecular formula is C16H23N3O2. The summed E-state index contributed by atoms with van der Waals surface area (Å²) in [4.78, 5) is 2.46. The summed E-state index contributed by atoms with van der Waals surface area (Å²) in [5, 5.41) is 12.1. The van der Waals surface area contributed by atoms with Crippen LogP contribution in [0.5, 0.6) is 5.75 Å². The second kappa shape index (κ2) is 5.56. The van der Waals surface area contributed by atoms with Gasteiger partial charge in [-0.2, -0.15) is 0 Å². The van der Waals surface area contributed by atoms with Crippen LogP contribution in [0, 0.1) is 5.41 Å². The van der Waals surface area contributed by atoms with Crippen molar-refractivity contribution in [1.29, 1.82) is 0 Å². The summed E-state index contributed by atoms with van der Waals surface area (Å²) in [6, 6.07) is 8.30. The Kier molecular flexibility index (Phi) is 3.76. The quantitative estimate of drug-likeness (QED) is 0.386. The minimum atomic E-state index is -0.171. The number of ether oxygens (including phenoxy) is 1. The molecule has 0 amide bonds. The molecule has 114 valence electrons. The van der Waals surface area contributed by atoms with E-state index < -0.39 is 0 Å². The van der Waals surface area contributed by atoms with Crippen LogP contribution in [-0.2, 0) is 0 Å². The van der Waals surface area contributed by atoms with Gasteiger partial charge in [-0.1, -0.05) is 30.3 Å². The van der Waals surface area contributed by atoms with Crippen LogP contribution in [-0.4, -0.2) is 42.2 Å². The molecular weight excluding hydrogens is 266 g/mol. The van der Waals surface area contributed by atoms with E-state index in [4.69, 9.17) is 15.7 Å². The minimum absolute atomic E-state index is 0.171. The van der Waals surface area contributed by atoms with Gasteiger partial charge in [0.2, 0.25) is 0 Å². The van der Waals surface area contributed by atoms with Crippen molar-refractivity contribution >= 4 is 5.84 Å². The van der Waals surface area contributed by atoms with Crippen LogP contribution in [0.4, 0.5) is 0 Å². The average Bonchev–Trinajstić information content (AvgIpc) is 2.92. The van der Waals surface area contributed by atoms with Crippen LogP contribution in [0.15, 0.2) is 29.4 Å². The molecule has 0 saturated carbocycles. The number of para-hydroxylation sites is 1. The zero-order chi connectivity index (χ0) is 14.9. The summed E-state index contributed by atoms with van der Waals surface area (Å²) in [5.41, 5.74) is 6.97. The molecule has 2 heterocycles. The summed E-state index contributed by atoms with van der Waals surface area (Å²) in [5.74, 6) is 1.84. The summed E-state index contributed by atoms with van der Waals surface area (Å²) < 4.78 is 5.75. The first-order valence-electron chi connectivity index (χ1n) is 7.54. The van der Waals surface area contributed by atoms with Crippen molar-refractivity contribution in [3.05, 3.63) is 29.8 Å². The van der Waals surface area contributed by atoms with Gasteiger partial charge in [0.15, 0.2) is 0 Å². The number of nitrogens with zero attached hydrogens (tertiary/aromatic N) is 2. The third-order valence-corrected chi connectivity index (χ3v) is 4.96. The molecule has 1 aromatic rings. The Morgan fingerprint density at radius 3 is 2.86 bits per heavy atom. The predicted molar refractivity (Wildman–Crippen MR) is 81.9 cm³/mol. The molecule has 0 radical (unpaired) electrons. The van der Waals surface area contributed by atoms with Gasteiger partial charge >= 0.3 is 0 Å². The van der Waals surface area contributed by atoms with Gasteiger partial charge in [-0.15, -0.1) is 0 Å². The van der Waals surface area contributed by atoms with Gasteiger partial charge in [0.05, 0.1) is 6.61 Å². The van der Waals surface area contributed by atoms with E-state index in [0.717, 1.165) is 44.8 Å². The van der Waals surface area contributed by atoms with E-state index in [2.05, 4.69) is 29.1 Å². The predicted octanol–water partition coefficient (Wildman–Crippen LogP) is 2.01. The number of hydrogen-bond acceptors (Lipinski definition) is 4. The number of fused-ring (bicyclic) bond motifs is 1. The molecule has 5 heteroatoms. The highest BCUT2D eigenvalue weighted by molar-refractivity contribution is 5.85. The number of hydrogen-bond donors (Lipinski definition) is 2. The molecule has 2 aliphatic rings. The molecule has 0 spiro atoms. The Balaban J connectivity index is 1.60. The first-order valence-corrected chi connectivity index (χ1v) is 7.54. The van der Waals surface area contributed by atoms with Gasteiger partial charge in [0.25, 0.3) is 0 Å². The standard InChI is InChI=1S/C16H23N3O2/c1-16(15(17)18-20)6-8-19(9-7-16)10-12-11-21-14-5-3-2-4-13(12)14/h2-5,12,20H,6-11H2,1H3,(H2,17,18). The number of oxime groups is 1. The second-order valence-electron chi connectivity index (χ2n) is 6.39. The Bertz CT molecular complexity index is 536. The molecule has 1 saturated heterocycles. The summed E-state index contributed by atoms with van der Waals surface area (Å²) >= 11 is 0. The fourth-order valence-electron chi connectivity index (χ4n) is 3.30. The minimum Gasteiger partial charge on any atom is -0.493 e. The van der Waals surface area contributed by atoms with Gasteiger partial charge in [-0.05, 0) is 32.0 Å². The van der Waals surface area contributed by atoms with Gasteiger partial charge < -0.3 is 20.6 Å². The number of rotatable bonds is 3. The first kappa shape index (κ1) is 14.2. The molecule has 0 bridgehead atoms. The van der Waals surface area contributed by atoms with Crippen LogP contribution >= 0.6 is 0 Å². The lowest BCUT2D eigenvalue weighted by Crippen LogP contribution is -2.46. The zero-order valence-corrected chi connectivity index (χ0v) is 12.5. The second-order valence-corrected chi connectivity index (χ2v) is 6.39. The van der Waals surface area contributed by atoms with Gasteiger partial charge in [-0.25, -0.2) is 0 Å². The lowest BCUT2D eigenvalue weighted by Gasteiger charge is -2.39. The molecule has 0 aromatic heterocycles. The van der Waals surface area contributed by atoms with Crippen LogP contribution in [0.25, 0.3) is 0 Å². The Labute approximate surface area is 125 Å². The Hall–Kier alpha value is -1.75. The monoisotopic (exact) mass is 289 g/mol. The van der Waals surface area contributed by atoms with Crippen molar-refractivity contribution in [3.63, 3.8) is 0 Å². The van der Waals surface area contributed by atoms with Crippen LogP contribution in [0.1, 0.15) is 31.2 Å². The SMILES string of the molecule is CC1(/C(N)=N/O)CCN(CC2COc3ccccc32)CC1. The number of piperidine rings is 1. The van der Waals surface area contributed by atoms with Crippen LogP contribution < -0.4 is 10.5 Å². The van der Waals surface area contributed by atoms with Crippen molar-refractivity contribution in [2.75, 3.05) is 26.2 Å². The normalized spacial score (nSPS) is 25.4. The number of likely N-dealkylation sites (tertiary alicyclic amines) is 1. The Morgan fingerprint density at radius 2 is 2.14 bits per heavy atom. The van der Waals surface area contributed by atoms with Crippen molar-refractivity contribution in [2.45, 2.75) is 25.7 Å². The topological polar surface area (TPSA) is 71.1 Å². The molecule has 3 rings (SSSR count). The largest absolute Gasteiger partial charge is 0.493 e. The maximum atomic E-state index is 8.89. The highest BCUT2D eigenvalue weighted by Gasteiger charge is 2.35. The average molecular weight is 289 g/mol. The first-order chi connectivity index (χ1) is 10.1. The third kappa shape index (κ3) is 2.70. The van der Waals surface area contributed by atoms with E-state index in [1.165, 1.54) is 5.56 Å². The van der Waals surface area contributed by atoms with Gasteiger partial charge in [0, 0.05) is 23.4 Å². The van der Waals surface area contributed by atoms with E-state index in [0.29, 0.717) is 11.8 Å². The molecule has 1 aromatic carbocycles.